The number of methoxy groups -OCH3 is 2. The van der Waals surface area contributed by atoms with E-state index in [2.05, 4.69) is 18.2 Å². The summed E-state index contributed by atoms with van der Waals surface area (Å²) in [6.07, 6.45) is 1.80. The van der Waals surface area contributed by atoms with Crippen LogP contribution >= 0.6 is 11.3 Å². The van der Waals surface area contributed by atoms with Crippen LogP contribution in [0.5, 0.6) is 17.2 Å². The maximum atomic E-state index is 14.5. The van der Waals surface area contributed by atoms with E-state index >= 15 is 0 Å². The van der Waals surface area contributed by atoms with E-state index in [0.717, 1.165) is 21.9 Å². The molecular weight excluding hydrogens is 649 g/mol. The topological polar surface area (TPSA) is 88.4 Å². The molecule has 0 aliphatic carbocycles. The number of thiazole rings is 1. The average molecular weight is 683 g/mol. The Balaban J connectivity index is 1.39. The maximum absolute atomic E-state index is 14.5. The minimum absolute atomic E-state index is 0.168. The van der Waals surface area contributed by atoms with Gasteiger partial charge in [-0.25, -0.2) is 9.79 Å². The highest BCUT2D eigenvalue weighted by Gasteiger charge is 2.35. The highest BCUT2D eigenvalue weighted by molar-refractivity contribution is 7.07. The van der Waals surface area contributed by atoms with Gasteiger partial charge in [-0.15, -0.1) is 0 Å². The molecule has 0 bridgehead atoms. The molecule has 0 amide bonds. The number of fused-ring (bicyclic) bond motifs is 2. The zero-order valence-corrected chi connectivity index (χ0v) is 28.6. The summed E-state index contributed by atoms with van der Waals surface area (Å²) in [5, 5.41) is 2.23. The molecule has 1 aromatic heterocycles. The summed E-state index contributed by atoms with van der Waals surface area (Å²) in [5.41, 5.74) is 3.59. The first-order valence-corrected chi connectivity index (χ1v) is 17.0. The summed E-state index contributed by atoms with van der Waals surface area (Å²) in [5.74, 6) is 1.17. The second-order valence-electron chi connectivity index (χ2n) is 11.5. The normalized spacial score (nSPS) is 14.2. The molecule has 0 saturated carbocycles. The van der Waals surface area contributed by atoms with Gasteiger partial charge in [0.25, 0.3) is 5.56 Å². The number of para-hydroxylation sites is 1. The molecule has 9 heteroatoms. The third kappa shape index (κ3) is 6.19. The number of esters is 1. The number of rotatable bonds is 10. The Morgan fingerprint density at radius 1 is 0.860 bits per heavy atom. The predicted molar refractivity (Wildman–Crippen MR) is 195 cm³/mol. The zero-order valence-electron chi connectivity index (χ0n) is 27.8. The van der Waals surface area contributed by atoms with Crippen molar-refractivity contribution in [3.8, 4) is 17.2 Å². The standard InChI is InChI=1S/C41H34N2O6S/c1-4-48-40(45)35-36(27-13-6-5-7-14-27)42-41-43(37(35)28-20-22-31(46-2)23-21-28)39(44)34(50-41)24-29-16-11-19-33(47-3)38(29)49-25-30-17-10-15-26-12-8-9-18-32(26)30/h5-24,37H,4,25H2,1-3H3/b34-24-/t37-/m0/s1. The summed E-state index contributed by atoms with van der Waals surface area (Å²) in [7, 11) is 3.18. The fourth-order valence-corrected chi connectivity index (χ4v) is 7.21. The van der Waals surface area contributed by atoms with Crippen LogP contribution in [0.2, 0.25) is 0 Å². The molecule has 2 heterocycles. The van der Waals surface area contributed by atoms with E-state index in [1.54, 1.807) is 31.8 Å². The van der Waals surface area contributed by atoms with Crippen LogP contribution in [0.25, 0.3) is 22.5 Å². The van der Waals surface area contributed by atoms with Crippen LogP contribution in [0.3, 0.4) is 0 Å². The number of aromatic nitrogens is 1. The van der Waals surface area contributed by atoms with Crippen molar-refractivity contribution in [1.29, 1.82) is 0 Å². The number of carbonyl (C=O) groups excluding carboxylic acids is 1. The van der Waals surface area contributed by atoms with Gasteiger partial charge in [-0.1, -0.05) is 108 Å². The molecule has 7 rings (SSSR count). The monoisotopic (exact) mass is 682 g/mol. The number of ether oxygens (including phenoxy) is 4. The lowest BCUT2D eigenvalue weighted by atomic mass is 9.93. The van der Waals surface area contributed by atoms with Gasteiger partial charge in [0, 0.05) is 11.1 Å². The van der Waals surface area contributed by atoms with Crippen LogP contribution in [0.1, 0.15) is 35.2 Å². The van der Waals surface area contributed by atoms with E-state index < -0.39 is 12.0 Å². The SMILES string of the molecule is CCOC(=O)C1=C(c2ccccc2)N=c2s/c(=C\c3cccc(OC)c3OCc3cccc4ccccc34)c(=O)n2[C@H]1c1ccc(OC)cc1. The summed E-state index contributed by atoms with van der Waals surface area (Å²) in [6.45, 7) is 2.22. The smallest absolute Gasteiger partial charge is 0.338 e. The molecule has 0 spiro atoms. The van der Waals surface area contributed by atoms with Crippen molar-refractivity contribution in [2.45, 2.75) is 19.6 Å². The van der Waals surface area contributed by atoms with Gasteiger partial charge in [0.1, 0.15) is 12.4 Å². The number of hydrogen-bond donors (Lipinski definition) is 0. The number of hydrogen-bond acceptors (Lipinski definition) is 8. The summed E-state index contributed by atoms with van der Waals surface area (Å²) in [4.78, 5) is 33.7. The van der Waals surface area contributed by atoms with E-state index in [4.69, 9.17) is 23.9 Å². The van der Waals surface area contributed by atoms with Crippen LogP contribution in [0.15, 0.2) is 131 Å². The quantitative estimate of drug-likeness (QED) is 0.150. The third-order valence-electron chi connectivity index (χ3n) is 8.57. The molecule has 0 saturated heterocycles. The number of nitrogens with zero attached hydrogens (tertiary/aromatic N) is 2. The summed E-state index contributed by atoms with van der Waals surface area (Å²) >= 11 is 1.25. The molecule has 250 valence electrons. The largest absolute Gasteiger partial charge is 0.497 e. The minimum Gasteiger partial charge on any atom is -0.497 e. The predicted octanol–water partition coefficient (Wildman–Crippen LogP) is 6.69. The fourth-order valence-electron chi connectivity index (χ4n) is 6.21. The van der Waals surface area contributed by atoms with Gasteiger partial charge in [0.2, 0.25) is 0 Å². The van der Waals surface area contributed by atoms with Crippen molar-refractivity contribution in [3.63, 3.8) is 0 Å². The average Bonchev–Trinajstić information content (AvgIpc) is 3.47. The summed E-state index contributed by atoms with van der Waals surface area (Å²) in [6, 6.07) is 35.9. The molecular formula is C41H34N2O6S. The van der Waals surface area contributed by atoms with Gasteiger partial charge in [-0.05, 0) is 53.1 Å². The molecule has 0 radical (unpaired) electrons. The van der Waals surface area contributed by atoms with E-state index in [0.29, 0.717) is 50.0 Å². The lowest BCUT2D eigenvalue weighted by Gasteiger charge is -2.26. The summed E-state index contributed by atoms with van der Waals surface area (Å²) < 4.78 is 25.2. The number of carbonyl (C=O) groups is 1. The highest BCUT2D eigenvalue weighted by atomic mass is 32.1. The van der Waals surface area contributed by atoms with Crippen molar-refractivity contribution in [3.05, 3.63) is 163 Å². The van der Waals surface area contributed by atoms with E-state index in [1.807, 2.05) is 97.1 Å². The lowest BCUT2D eigenvalue weighted by molar-refractivity contribution is -0.138. The fraction of sp³-hybridized carbons (Fsp3) is 0.146. The van der Waals surface area contributed by atoms with Crippen molar-refractivity contribution >= 4 is 39.9 Å². The Morgan fingerprint density at radius 3 is 2.36 bits per heavy atom. The van der Waals surface area contributed by atoms with Gasteiger partial charge in [-0.2, -0.15) is 0 Å². The zero-order chi connectivity index (χ0) is 34.6. The molecule has 1 aliphatic heterocycles. The first-order chi connectivity index (χ1) is 24.5. The molecule has 1 aliphatic rings. The van der Waals surface area contributed by atoms with Crippen LogP contribution in [-0.4, -0.2) is 31.4 Å². The maximum Gasteiger partial charge on any atom is 0.338 e. The van der Waals surface area contributed by atoms with Crippen molar-refractivity contribution in [1.82, 2.24) is 4.57 Å². The molecule has 1 atom stereocenters. The van der Waals surface area contributed by atoms with Gasteiger partial charge >= 0.3 is 5.97 Å². The van der Waals surface area contributed by atoms with Crippen molar-refractivity contribution in [2.75, 3.05) is 20.8 Å². The van der Waals surface area contributed by atoms with Crippen LogP contribution < -0.4 is 29.1 Å². The Hall–Kier alpha value is -5.93. The van der Waals surface area contributed by atoms with Gasteiger partial charge in [0.05, 0.1) is 42.7 Å². The lowest BCUT2D eigenvalue weighted by Crippen LogP contribution is -2.40. The highest BCUT2D eigenvalue weighted by Crippen LogP contribution is 2.36. The van der Waals surface area contributed by atoms with Crippen molar-refractivity contribution < 1.29 is 23.7 Å². The van der Waals surface area contributed by atoms with Gasteiger partial charge in [-0.3, -0.25) is 9.36 Å². The van der Waals surface area contributed by atoms with E-state index in [-0.39, 0.29) is 17.7 Å². The Labute approximate surface area is 292 Å². The number of benzene rings is 5. The molecule has 50 heavy (non-hydrogen) atoms. The minimum atomic E-state index is -0.805. The molecule has 6 aromatic rings. The molecule has 0 unspecified atom stereocenters. The first kappa shape index (κ1) is 32.6. The second kappa shape index (κ2) is 14.3. The molecule has 0 fully saturated rings. The van der Waals surface area contributed by atoms with Crippen LogP contribution in [0, 0.1) is 0 Å². The molecule has 0 N–H and O–H groups in total. The molecule has 5 aromatic carbocycles. The van der Waals surface area contributed by atoms with Gasteiger partial charge in [0.15, 0.2) is 16.3 Å². The Kier molecular flexibility index (Phi) is 9.31. The Bertz CT molecular complexity index is 2410. The van der Waals surface area contributed by atoms with E-state index in [9.17, 15) is 9.59 Å². The molecule has 8 nitrogen and oxygen atoms in total. The van der Waals surface area contributed by atoms with Crippen LogP contribution in [0.4, 0.5) is 0 Å². The third-order valence-corrected chi connectivity index (χ3v) is 9.56. The second-order valence-corrected chi connectivity index (χ2v) is 12.5. The Morgan fingerprint density at radius 2 is 1.60 bits per heavy atom. The van der Waals surface area contributed by atoms with Crippen molar-refractivity contribution in [2.24, 2.45) is 4.99 Å². The van der Waals surface area contributed by atoms with E-state index in [1.165, 1.54) is 11.3 Å². The first-order valence-electron chi connectivity index (χ1n) is 16.2. The van der Waals surface area contributed by atoms with Gasteiger partial charge < -0.3 is 18.9 Å². The van der Waals surface area contributed by atoms with Crippen LogP contribution in [-0.2, 0) is 16.1 Å².